The quantitative estimate of drug-likeness (QED) is 0.844. The first-order chi connectivity index (χ1) is 12.1. The van der Waals surface area contributed by atoms with Crippen LogP contribution in [0.1, 0.15) is 44.4 Å². The molecule has 0 aromatic carbocycles. The molecule has 0 radical (unpaired) electrons. The van der Waals surface area contributed by atoms with E-state index in [1.165, 1.54) is 11.3 Å². The van der Waals surface area contributed by atoms with Crippen molar-refractivity contribution in [3.8, 4) is 11.8 Å². The third kappa shape index (κ3) is 3.19. The average molecular weight is 335 g/mol. The molecule has 3 heterocycles. The summed E-state index contributed by atoms with van der Waals surface area (Å²) in [4.78, 5) is 6.72. The molecule has 4 rings (SSSR count). The van der Waals surface area contributed by atoms with E-state index in [9.17, 15) is 5.26 Å². The lowest BCUT2D eigenvalue weighted by molar-refractivity contribution is 0.129. The lowest BCUT2D eigenvalue weighted by atomic mass is 9.87. The lowest BCUT2D eigenvalue weighted by Crippen LogP contribution is -2.39. The highest BCUT2D eigenvalue weighted by atomic mass is 15.3. The Hall–Kier alpha value is -2.19. The van der Waals surface area contributed by atoms with Gasteiger partial charge in [-0.3, -0.25) is 9.88 Å². The van der Waals surface area contributed by atoms with Crippen LogP contribution >= 0.6 is 0 Å². The van der Waals surface area contributed by atoms with Gasteiger partial charge >= 0.3 is 0 Å². The van der Waals surface area contributed by atoms with Crippen LogP contribution in [0.25, 0.3) is 5.69 Å². The maximum absolute atomic E-state index is 9.24. The van der Waals surface area contributed by atoms with Crippen molar-refractivity contribution in [1.29, 1.82) is 5.26 Å². The topological polar surface area (TPSA) is 57.7 Å². The average Bonchev–Trinajstić information content (AvgIpc) is 3.19. The van der Waals surface area contributed by atoms with Crippen molar-refractivity contribution in [2.75, 3.05) is 6.54 Å². The Kier molecular flexibility index (Phi) is 4.09. The van der Waals surface area contributed by atoms with Gasteiger partial charge in [0, 0.05) is 48.7 Å². The summed E-state index contributed by atoms with van der Waals surface area (Å²) < 4.78 is 2.08. The second kappa shape index (κ2) is 6.27. The monoisotopic (exact) mass is 335 g/mol. The van der Waals surface area contributed by atoms with Gasteiger partial charge in [0.15, 0.2) is 0 Å². The van der Waals surface area contributed by atoms with E-state index in [1.807, 2.05) is 30.7 Å². The molecule has 2 aliphatic rings. The smallest absolute Gasteiger partial charge is 0.0679 e. The van der Waals surface area contributed by atoms with Gasteiger partial charge in [0.2, 0.25) is 0 Å². The first-order valence-corrected chi connectivity index (χ1v) is 9.15. The van der Waals surface area contributed by atoms with Gasteiger partial charge in [0.25, 0.3) is 0 Å². The Balaban J connectivity index is 1.66. The summed E-state index contributed by atoms with van der Waals surface area (Å²) in [7, 11) is 0. The third-order valence-corrected chi connectivity index (χ3v) is 5.62. The van der Waals surface area contributed by atoms with Crippen molar-refractivity contribution in [2.45, 2.75) is 52.1 Å². The van der Waals surface area contributed by atoms with Crippen molar-refractivity contribution >= 4 is 0 Å². The van der Waals surface area contributed by atoms with Gasteiger partial charge in [-0.15, -0.1) is 0 Å². The molecule has 0 spiro atoms. The summed E-state index contributed by atoms with van der Waals surface area (Å²) >= 11 is 0. The minimum Gasteiger partial charge on any atom is -0.295 e. The van der Waals surface area contributed by atoms with Crippen LogP contribution in [-0.4, -0.2) is 32.3 Å². The molecule has 0 bridgehead atoms. The molecular weight excluding hydrogens is 310 g/mol. The van der Waals surface area contributed by atoms with E-state index in [2.05, 4.69) is 39.6 Å². The number of nitriles is 1. The minimum absolute atomic E-state index is 0.181. The summed E-state index contributed by atoms with van der Waals surface area (Å²) in [5, 5.41) is 13.9. The number of pyridine rings is 1. The van der Waals surface area contributed by atoms with E-state index >= 15 is 0 Å². The Morgan fingerprint density at radius 2 is 2.04 bits per heavy atom. The predicted octanol–water partition coefficient (Wildman–Crippen LogP) is 3.34. The molecule has 1 saturated carbocycles. The van der Waals surface area contributed by atoms with Crippen molar-refractivity contribution in [3.05, 3.63) is 42.0 Å². The molecule has 1 aliphatic carbocycles. The van der Waals surface area contributed by atoms with Gasteiger partial charge in [-0.25, -0.2) is 4.68 Å². The van der Waals surface area contributed by atoms with Crippen molar-refractivity contribution in [2.24, 2.45) is 11.3 Å². The van der Waals surface area contributed by atoms with E-state index in [1.54, 1.807) is 0 Å². The lowest BCUT2D eigenvalue weighted by Gasteiger charge is -2.33. The van der Waals surface area contributed by atoms with E-state index in [0.717, 1.165) is 44.5 Å². The second-order valence-electron chi connectivity index (χ2n) is 8.27. The van der Waals surface area contributed by atoms with Crippen LogP contribution in [-0.2, 0) is 13.0 Å². The van der Waals surface area contributed by atoms with E-state index in [0.29, 0.717) is 6.04 Å². The van der Waals surface area contributed by atoms with Crippen LogP contribution in [0.15, 0.2) is 30.7 Å². The molecule has 2 aromatic heterocycles. The van der Waals surface area contributed by atoms with Crippen molar-refractivity contribution in [1.82, 2.24) is 19.7 Å². The fraction of sp³-hybridized carbons (Fsp3) is 0.550. The van der Waals surface area contributed by atoms with Gasteiger partial charge in [0.1, 0.15) is 0 Å². The zero-order valence-electron chi connectivity index (χ0n) is 15.0. The molecule has 25 heavy (non-hydrogen) atoms. The molecule has 2 aromatic rings. The maximum atomic E-state index is 9.24. The zero-order valence-corrected chi connectivity index (χ0v) is 15.0. The van der Waals surface area contributed by atoms with E-state index < -0.39 is 0 Å². The standard InChI is InChI=1S/C20H25N5/c1-20(2)10-19-16(12-23-25(19)17-5-7-22-8-6-17)13-24(14-20)18-4-3-15(9-18)11-21/h5-8,12,15,18H,3-4,9-10,13-14H2,1-2H3. The highest BCUT2D eigenvalue weighted by molar-refractivity contribution is 5.34. The molecule has 2 atom stereocenters. The van der Waals surface area contributed by atoms with Gasteiger partial charge in [-0.2, -0.15) is 10.4 Å². The van der Waals surface area contributed by atoms with Gasteiger partial charge < -0.3 is 0 Å². The Labute approximate surface area is 149 Å². The van der Waals surface area contributed by atoms with E-state index in [4.69, 9.17) is 0 Å². The molecule has 130 valence electrons. The maximum Gasteiger partial charge on any atom is 0.0679 e. The minimum atomic E-state index is 0.181. The molecule has 2 unspecified atom stereocenters. The second-order valence-corrected chi connectivity index (χ2v) is 8.27. The number of aromatic nitrogens is 3. The summed E-state index contributed by atoms with van der Waals surface area (Å²) in [5.74, 6) is 0.232. The summed E-state index contributed by atoms with van der Waals surface area (Å²) in [6.45, 7) is 6.69. The Bertz CT molecular complexity index is 786. The number of hydrogen-bond acceptors (Lipinski definition) is 4. The first kappa shape index (κ1) is 16.3. The molecule has 5 heteroatoms. The van der Waals surface area contributed by atoms with Crippen molar-refractivity contribution < 1.29 is 0 Å². The fourth-order valence-corrected chi connectivity index (χ4v) is 4.43. The fourth-order valence-electron chi connectivity index (χ4n) is 4.43. The summed E-state index contributed by atoms with van der Waals surface area (Å²) in [5.41, 5.74) is 3.89. The molecule has 0 saturated heterocycles. The van der Waals surface area contributed by atoms with Gasteiger partial charge in [0.05, 0.1) is 18.0 Å². The molecule has 0 amide bonds. The molecule has 1 aliphatic heterocycles. The first-order valence-electron chi connectivity index (χ1n) is 9.15. The van der Waals surface area contributed by atoms with Gasteiger partial charge in [-0.1, -0.05) is 13.8 Å². The zero-order chi connectivity index (χ0) is 17.4. The van der Waals surface area contributed by atoms with Crippen LogP contribution < -0.4 is 0 Å². The van der Waals surface area contributed by atoms with E-state index in [-0.39, 0.29) is 11.3 Å². The Morgan fingerprint density at radius 3 is 2.76 bits per heavy atom. The molecule has 5 nitrogen and oxygen atoms in total. The van der Waals surface area contributed by atoms with Crippen LogP contribution in [0, 0.1) is 22.7 Å². The third-order valence-electron chi connectivity index (χ3n) is 5.62. The predicted molar refractivity (Wildman–Crippen MR) is 96.0 cm³/mol. The highest BCUT2D eigenvalue weighted by Gasteiger charge is 2.36. The molecular formula is C20H25N5. The van der Waals surface area contributed by atoms with Gasteiger partial charge in [-0.05, 0) is 43.2 Å². The number of nitrogens with zero attached hydrogens (tertiary/aromatic N) is 5. The summed E-state index contributed by atoms with van der Waals surface area (Å²) in [6, 6.07) is 7.01. The SMILES string of the molecule is CC1(C)Cc2c(cnn2-c2ccncc2)CN(C2CCC(C#N)C2)C1. The van der Waals surface area contributed by atoms with Crippen molar-refractivity contribution in [3.63, 3.8) is 0 Å². The van der Waals surface area contributed by atoms with Crippen LogP contribution in [0.5, 0.6) is 0 Å². The molecule has 1 fully saturated rings. The normalized spacial score (nSPS) is 26.0. The van der Waals surface area contributed by atoms with Crippen LogP contribution in [0.2, 0.25) is 0 Å². The largest absolute Gasteiger partial charge is 0.295 e. The summed E-state index contributed by atoms with van der Waals surface area (Å²) in [6.07, 6.45) is 9.87. The van der Waals surface area contributed by atoms with Crippen LogP contribution in [0.3, 0.4) is 0 Å². The number of rotatable bonds is 2. The molecule has 0 N–H and O–H groups in total. The van der Waals surface area contributed by atoms with Crippen LogP contribution in [0.4, 0.5) is 0 Å². The number of fused-ring (bicyclic) bond motifs is 1. The Morgan fingerprint density at radius 1 is 1.24 bits per heavy atom. The number of hydrogen-bond donors (Lipinski definition) is 0. The highest BCUT2D eigenvalue weighted by Crippen LogP contribution is 2.36.